The summed E-state index contributed by atoms with van der Waals surface area (Å²) in [6.07, 6.45) is 1.40. The van der Waals surface area contributed by atoms with E-state index in [1.165, 1.54) is 25.4 Å². The first kappa shape index (κ1) is 14.1. The third-order valence-electron chi connectivity index (χ3n) is 2.70. The fourth-order valence-electron chi connectivity index (χ4n) is 1.64. The van der Waals surface area contributed by atoms with Gasteiger partial charge in [0.1, 0.15) is 11.6 Å². The van der Waals surface area contributed by atoms with Crippen molar-refractivity contribution in [3.05, 3.63) is 42.1 Å². The van der Waals surface area contributed by atoms with Crippen LogP contribution in [0.3, 0.4) is 0 Å². The Morgan fingerprint density at radius 3 is 2.45 bits per heavy atom. The number of ether oxygens (including phenoxy) is 1. The molecule has 1 aromatic heterocycles. The smallest absolute Gasteiger partial charge is 0.263 e. The predicted octanol–water partition coefficient (Wildman–Crippen LogP) is 1.78. The van der Waals surface area contributed by atoms with Crippen LogP contribution in [0.1, 0.15) is 5.56 Å². The number of rotatable bonds is 4. The summed E-state index contributed by atoms with van der Waals surface area (Å²) < 4.78 is 31.9. The Morgan fingerprint density at radius 1 is 1.25 bits per heavy atom. The Bertz CT molecular complexity index is 712. The van der Waals surface area contributed by atoms with Gasteiger partial charge in [0.05, 0.1) is 23.9 Å². The fourth-order valence-corrected chi connectivity index (χ4v) is 2.72. The maximum atomic E-state index is 12.2. The Kier molecular flexibility index (Phi) is 3.80. The molecule has 0 spiro atoms. The molecule has 3 N–H and O–H groups in total. The SMILES string of the molecule is COc1ccc(S(=O)(=O)Nc2ncc(N)cc2C)cc1. The number of nitrogens with two attached hydrogens (primary N) is 1. The lowest BCUT2D eigenvalue weighted by molar-refractivity contribution is 0.414. The molecule has 1 heterocycles. The minimum atomic E-state index is -3.68. The van der Waals surface area contributed by atoms with Crippen molar-refractivity contribution in [1.29, 1.82) is 0 Å². The highest BCUT2D eigenvalue weighted by atomic mass is 32.2. The molecule has 0 bridgehead atoms. The molecule has 0 aliphatic rings. The second kappa shape index (κ2) is 5.38. The molecule has 0 saturated heterocycles. The molecule has 106 valence electrons. The molecule has 0 amide bonds. The van der Waals surface area contributed by atoms with E-state index < -0.39 is 10.0 Å². The summed E-state index contributed by atoms with van der Waals surface area (Å²) in [4.78, 5) is 4.12. The van der Waals surface area contributed by atoms with Crippen LogP contribution in [0.2, 0.25) is 0 Å². The molecule has 0 saturated carbocycles. The van der Waals surface area contributed by atoms with Crippen LogP contribution in [0.15, 0.2) is 41.4 Å². The molecule has 1 aromatic carbocycles. The Balaban J connectivity index is 2.30. The van der Waals surface area contributed by atoms with Gasteiger partial charge in [0.25, 0.3) is 10.0 Å². The van der Waals surface area contributed by atoms with Gasteiger partial charge in [-0.05, 0) is 42.8 Å². The molecule has 6 nitrogen and oxygen atoms in total. The minimum Gasteiger partial charge on any atom is -0.497 e. The highest BCUT2D eigenvalue weighted by Crippen LogP contribution is 2.20. The van der Waals surface area contributed by atoms with E-state index in [1.807, 2.05) is 0 Å². The Labute approximate surface area is 117 Å². The topological polar surface area (TPSA) is 94.3 Å². The van der Waals surface area contributed by atoms with E-state index >= 15 is 0 Å². The molecule has 0 aliphatic carbocycles. The van der Waals surface area contributed by atoms with E-state index in [4.69, 9.17) is 10.5 Å². The van der Waals surface area contributed by atoms with Crippen molar-refractivity contribution in [3.63, 3.8) is 0 Å². The molecule has 0 unspecified atom stereocenters. The quantitative estimate of drug-likeness (QED) is 0.896. The average Bonchev–Trinajstić information content (AvgIpc) is 2.42. The van der Waals surface area contributed by atoms with Gasteiger partial charge in [-0.15, -0.1) is 0 Å². The normalized spacial score (nSPS) is 11.1. The first-order valence-corrected chi connectivity index (χ1v) is 7.29. The van der Waals surface area contributed by atoms with Crippen LogP contribution < -0.4 is 15.2 Å². The molecule has 0 atom stereocenters. The zero-order valence-electron chi connectivity index (χ0n) is 11.1. The summed E-state index contributed by atoms with van der Waals surface area (Å²) in [6.45, 7) is 1.73. The van der Waals surface area contributed by atoms with E-state index in [-0.39, 0.29) is 10.7 Å². The number of hydrogen-bond acceptors (Lipinski definition) is 5. The molecule has 0 aliphatic heterocycles. The zero-order valence-corrected chi connectivity index (χ0v) is 11.9. The largest absolute Gasteiger partial charge is 0.497 e. The molecular weight excluding hydrogens is 278 g/mol. The number of benzene rings is 1. The third kappa shape index (κ3) is 3.00. The van der Waals surface area contributed by atoms with Crippen LogP contribution in [-0.2, 0) is 10.0 Å². The number of anilines is 2. The Hall–Kier alpha value is -2.28. The lowest BCUT2D eigenvalue weighted by atomic mass is 10.3. The van der Waals surface area contributed by atoms with E-state index in [2.05, 4.69) is 9.71 Å². The fraction of sp³-hybridized carbons (Fsp3) is 0.154. The van der Waals surface area contributed by atoms with Gasteiger partial charge in [0.15, 0.2) is 0 Å². The number of methoxy groups -OCH3 is 1. The summed E-state index contributed by atoms with van der Waals surface area (Å²) in [5.41, 5.74) is 6.72. The van der Waals surface area contributed by atoms with Crippen molar-refractivity contribution < 1.29 is 13.2 Å². The van der Waals surface area contributed by atoms with Crippen molar-refractivity contribution in [2.75, 3.05) is 17.6 Å². The highest BCUT2D eigenvalue weighted by Gasteiger charge is 2.16. The van der Waals surface area contributed by atoms with Crippen molar-refractivity contribution in [3.8, 4) is 5.75 Å². The maximum Gasteiger partial charge on any atom is 0.263 e. The first-order valence-electron chi connectivity index (χ1n) is 5.81. The average molecular weight is 293 g/mol. The molecule has 7 heteroatoms. The van der Waals surface area contributed by atoms with Gasteiger partial charge in [-0.25, -0.2) is 13.4 Å². The van der Waals surface area contributed by atoms with Gasteiger partial charge in [-0.2, -0.15) is 0 Å². The number of nitrogen functional groups attached to an aromatic ring is 1. The van der Waals surface area contributed by atoms with Gasteiger partial charge >= 0.3 is 0 Å². The number of nitrogens with zero attached hydrogens (tertiary/aromatic N) is 1. The lowest BCUT2D eigenvalue weighted by Crippen LogP contribution is -2.15. The van der Waals surface area contributed by atoms with Gasteiger partial charge < -0.3 is 10.5 Å². The number of aromatic nitrogens is 1. The van der Waals surface area contributed by atoms with Crippen molar-refractivity contribution in [2.24, 2.45) is 0 Å². The number of hydrogen-bond donors (Lipinski definition) is 2. The summed E-state index contributed by atoms with van der Waals surface area (Å²) in [5.74, 6) is 0.848. The van der Waals surface area contributed by atoms with Crippen LogP contribution in [-0.4, -0.2) is 20.5 Å². The molecule has 0 radical (unpaired) electrons. The van der Waals surface area contributed by atoms with Crippen molar-refractivity contribution >= 4 is 21.5 Å². The summed E-state index contributed by atoms with van der Waals surface area (Å²) >= 11 is 0. The number of pyridine rings is 1. The first-order chi connectivity index (χ1) is 9.42. The monoisotopic (exact) mass is 293 g/mol. The predicted molar refractivity (Wildman–Crippen MR) is 77.2 cm³/mol. The summed E-state index contributed by atoms with van der Waals surface area (Å²) in [5, 5.41) is 0. The van der Waals surface area contributed by atoms with E-state index in [1.54, 1.807) is 25.1 Å². The second-order valence-corrected chi connectivity index (χ2v) is 5.90. The number of sulfonamides is 1. The molecule has 0 fully saturated rings. The Morgan fingerprint density at radius 2 is 1.90 bits per heavy atom. The summed E-state index contributed by atoms with van der Waals surface area (Å²) in [6, 6.07) is 7.75. The lowest BCUT2D eigenvalue weighted by Gasteiger charge is -2.10. The van der Waals surface area contributed by atoms with Crippen molar-refractivity contribution in [1.82, 2.24) is 4.98 Å². The molecular formula is C13H15N3O3S. The van der Waals surface area contributed by atoms with Crippen molar-refractivity contribution in [2.45, 2.75) is 11.8 Å². The van der Waals surface area contributed by atoms with Crippen LogP contribution in [0.25, 0.3) is 0 Å². The summed E-state index contributed by atoms with van der Waals surface area (Å²) in [7, 11) is -2.17. The zero-order chi connectivity index (χ0) is 14.8. The van der Waals surface area contributed by atoms with Crippen LogP contribution in [0.5, 0.6) is 5.75 Å². The number of aryl methyl sites for hydroxylation is 1. The highest BCUT2D eigenvalue weighted by molar-refractivity contribution is 7.92. The van der Waals surface area contributed by atoms with Crippen LogP contribution >= 0.6 is 0 Å². The van der Waals surface area contributed by atoms with E-state index in [0.717, 1.165) is 0 Å². The van der Waals surface area contributed by atoms with Gasteiger partial charge in [0.2, 0.25) is 0 Å². The van der Waals surface area contributed by atoms with E-state index in [9.17, 15) is 8.42 Å². The standard InChI is InChI=1S/C13H15N3O3S/c1-9-7-10(14)8-15-13(9)16-20(17,18)12-5-3-11(19-2)4-6-12/h3-8H,14H2,1-2H3,(H,15,16). The van der Waals surface area contributed by atoms with E-state index in [0.29, 0.717) is 17.0 Å². The molecule has 2 rings (SSSR count). The second-order valence-electron chi connectivity index (χ2n) is 4.22. The molecule has 20 heavy (non-hydrogen) atoms. The van der Waals surface area contributed by atoms with Gasteiger partial charge in [-0.3, -0.25) is 4.72 Å². The van der Waals surface area contributed by atoms with Crippen LogP contribution in [0.4, 0.5) is 11.5 Å². The number of nitrogens with one attached hydrogen (secondary N) is 1. The molecule has 2 aromatic rings. The minimum absolute atomic E-state index is 0.135. The third-order valence-corrected chi connectivity index (χ3v) is 4.06. The van der Waals surface area contributed by atoms with Crippen LogP contribution in [0, 0.1) is 6.92 Å². The maximum absolute atomic E-state index is 12.2. The van der Waals surface area contributed by atoms with Gasteiger partial charge in [-0.1, -0.05) is 0 Å². The van der Waals surface area contributed by atoms with Gasteiger partial charge in [0, 0.05) is 0 Å².